The number of alkyl halides is 3. The lowest BCUT2D eigenvalue weighted by atomic mass is 10.1. The Hall–Kier alpha value is -0.940. The fourth-order valence-electron chi connectivity index (χ4n) is 1.80. The summed E-state index contributed by atoms with van der Waals surface area (Å²) in [7, 11) is 0. The Kier molecular flexibility index (Phi) is 4.27. The Morgan fingerprint density at radius 1 is 1.41 bits per heavy atom. The van der Waals surface area contributed by atoms with Gasteiger partial charge in [-0.1, -0.05) is 13.0 Å². The van der Waals surface area contributed by atoms with Crippen LogP contribution in [0.25, 0.3) is 0 Å². The zero-order chi connectivity index (χ0) is 11.8. The molecule has 0 unspecified atom stereocenters. The zero-order valence-electron chi connectivity index (χ0n) is 9.17. The lowest BCUT2D eigenvalue weighted by molar-refractivity contribution is -0.137. The van der Waals surface area contributed by atoms with Crippen LogP contribution in [0.5, 0.6) is 5.75 Å². The molecular formula is C11H13ClF3NO. The van der Waals surface area contributed by atoms with Crippen LogP contribution in [0.3, 0.4) is 0 Å². The van der Waals surface area contributed by atoms with E-state index in [-0.39, 0.29) is 18.4 Å². The molecule has 96 valence electrons. The molecule has 1 aromatic rings. The number of hydrogen-bond acceptors (Lipinski definition) is 2. The summed E-state index contributed by atoms with van der Waals surface area (Å²) in [4.78, 5) is 0. The van der Waals surface area contributed by atoms with Gasteiger partial charge in [-0.25, -0.2) is 0 Å². The van der Waals surface area contributed by atoms with Crippen molar-refractivity contribution in [2.75, 3.05) is 13.2 Å². The van der Waals surface area contributed by atoms with Crippen LogP contribution in [-0.2, 0) is 6.18 Å². The molecule has 0 saturated carbocycles. The van der Waals surface area contributed by atoms with Crippen molar-refractivity contribution in [2.45, 2.75) is 19.1 Å². The summed E-state index contributed by atoms with van der Waals surface area (Å²) in [6.45, 7) is 3.10. The summed E-state index contributed by atoms with van der Waals surface area (Å²) in [6, 6.07) is 3.64. The lowest BCUT2D eigenvalue weighted by Gasteiger charge is -2.10. The van der Waals surface area contributed by atoms with Gasteiger partial charge >= 0.3 is 6.18 Å². The Morgan fingerprint density at radius 2 is 2.12 bits per heavy atom. The summed E-state index contributed by atoms with van der Waals surface area (Å²) < 4.78 is 42.5. The smallest absolute Gasteiger partial charge is 0.416 e. The van der Waals surface area contributed by atoms with Gasteiger partial charge in [0, 0.05) is 5.56 Å². The molecule has 0 bridgehead atoms. The first-order valence-electron chi connectivity index (χ1n) is 5.09. The Balaban J connectivity index is 0.00000144. The number of ether oxygens (including phenoxy) is 1. The predicted octanol–water partition coefficient (Wildman–Crippen LogP) is 3.17. The largest absolute Gasteiger partial charge is 0.491 e. The van der Waals surface area contributed by atoms with Crippen molar-refractivity contribution in [3.05, 3.63) is 29.3 Å². The van der Waals surface area contributed by atoms with Crippen LogP contribution in [0.4, 0.5) is 13.2 Å². The van der Waals surface area contributed by atoms with Gasteiger partial charge in [0.05, 0.1) is 11.6 Å². The van der Waals surface area contributed by atoms with E-state index in [1.54, 1.807) is 0 Å². The molecule has 0 amide bonds. The first-order chi connectivity index (χ1) is 7.52. The molecule has 1 N–H and O–H groups in total. The molecule has 2 nitrogen and oxygen atoms in total. The molecule has 1 aliphatic heterocycles. The van der Waals surface area contributed by atoms with E-state index in [1.807, 2.05) is 6.92 Å². The molecule has 1 heterocycles. The molecule has 0 fully saturated rings. The minimum atomic E-state index is -4.31. The van der Waals surface area contributed by atoms with E-state index in [9.17, 15) is 13.2 Å². The zero-order valence-corrected chi connectivity index (χ0v) is 9.99. The van der Waals surface area contributed by atoms with Crippen LogP contribution >= 0.6 is 12.4 Å². The highest BCUT2D eigenvalue weighted by atomic mass is 35.5. The second-order valence-electron chi connectivity index (χ2n) is 3.67. The second kappa shape index (κ2) is 5.14. The number of hydrogen-bond donors (Lipinski definition) is 1. The van der Waals surface area contributed by atoms with Crippen LogP contribution in [-0.4, -0.2) is 13.2 Å². The maximum Gasteiger partial charge on any atom is 0.416 e. The maximum atomic E-state index is 12.4. The van der Waals surface area contributed by atoms with E-state index in [1.165, 1.54) is 6.07 Å². The van der Waals surface area contributed by atoms with E-state index >= 15 is 0 Å². The van der Waals surface area contributed by atoms with Crippen LogP contribution in [0, 0.1) is 0 Å². The summed E-state index contributed by atoms with van der Waals surface area (Å²) in [5, 5.41) is 3.15. The van der Waals surface area contributed by atoms with E-state index < -0.39 is 11.7 Å². The summed E-state index contributed by atoms with van der Waals surface area (Å²) >= 11 is 0. The normalized spacial score (nSPS) is 18.2. The highest BCUT2D eigenvalue weighted by molar-refractivity contribution is 5.85. The van der Waals surface area contributed by atoms with Gasteiger partial charge < -0.3 is 10.1 Å². The first-order valence-corrected chi connectivity index (χ1v) is 5.09. The standard InChI is InChI=1S/C11H12F3NO.ClH/c1-2-15-9-6-16-10-5-7(11(12,13)14)3-4-8(9)10;/h3-5,9,15H,2,6H2,1H3;1H/t9-;/m1./s1. The third-order valence-corrected chi connectivity index (χ3v) is 2.57. The fourth-order valence-corrected chi connectivity index (χ4v) is 1.80. The van der Waals surface area contributed by atoms with Crippen LogP contribution < -0.4 is 10.1 Å². The monoisotopic (exact) mass is 267 g/mol. The van der Waals surface area contributed by atoms with Gasteiger partial charge in [-0.3, -0.25) is 0 Å². The highest BCUT2D eigenvalue weighted by Crippen LogP contribution is 2.38. The third kappa shape index (κ3) is 2.84. The summed E-state index contributed by atoms with van der Waals surface area (Å²) in [5.74, 6) is 0.334. The van der Waals surface area contributed by atoms with Crippen LogP contribution in [0.1, 0.15) is 24.1 Å². The van der Waals surface area contributed by atoms with Crippen molar-refractivity contribution in [1.29, 1.82) is 0 Å². The molecule has 1 atom stereocenters. The number of fused-ring (bicyclic) bond motifs is 1. The number of rotatable bonds is 2. The molecule has 0 radical (unpaired) electrons. The number of benzene rings is 1. The van der Waals surface area contributed by atoms with Crippen molar-refractivity contribution >= 4 is 12.4 Å². The fraction of sp³-hybridized carbons (Fsp3) is 0.455. The summed E-state index contributed by atoms with van der Waals surface area (Å²) in [5.41, 5.74) is 0.137. The summed E-state index contributed by atoms with van der Waals surface area (Å²) in [6.07, 6.45) is -4.31. The molecule has 2 rings (SSSR count). The van der Waals surface area contributed by atoms with Gasteiger partial charge in [0.15, 0.2) is 0 Å². The van der Waals surface area contributed by atoms with Gasteiger partial charge in [0.25, 0.3) is 0 Å². The SMILES string of the molecule is CCN[C@@H]1COc2cc(C(F)(F)F)ccc21.Cl. The lowest BCUT2D eigenvalue weighted by Crippen LogP contribution is -2.21. The van der Waals surface area contributed by atoms with Gasteiger partial charge in [0.2, 0.25) is 0 Å². The van der Waals surface area contributed by atoms with E-state index in [0.29, 0.717) is 12.4 Å². The molecule has 17 heavy (non-hydrogen) atoms. The topological polar surface area (TPSA) is 21.3 Å². The molecule has 0 spiro atoms. The van der Waals surface area contributed by atoms with Crippen molar-refractivity contribution < 1.29 is 17.9 Å². The van der Waals surface area contributed by atoms with E-state index in [2.05, 4.69) is 5.32 Å². The molecule has 0 aliphatic carbocycles. The van der Waals surface area contributed by atoms with Gasteiger partial charge in [0.1, 0.15) is 12.4 Å². The van der Waals surface area contributed by atoms with Crippen molar-refractivity contribution in [2.24, 2.45) is 0 Å². The van der Waals surface area contributed by atoms with Gasteiger partial charge in [-0.05, 0) is 18.7 Å². The van der Waals surface area contributed by atoms with Crippen molar-refractivity contribution in [3.63, 3.8) is 0 Å². The minimum absolute atomic E-state index is 0. The Morgan fingerprint density at radius 3 is 2.71 bits per heavy atom. The molecule has 1 aliphatic rings. The third-order valence-electron chi connectivity index (χ3n) is 2.57. The average molecular weight is 268 g/mol. The number of likely N-dealkylation sites (N-methyl/N-ethyl adjacent to an activating group) is 1. The van der Waals surface area contributed by atoms with Gasteiger partial charge in [-0.15, -0.1) is 12.4 Å². The Labute approximate surface area is 104 Å². The molecule has 1 aromatic carbocycles. The first kappa shape index (κ1) is 14.1. The molecule has 0 aromatic heterocycles. The minimum Gasteiger partial charge on any atom is -0.491 e. The highest BCUT2D eigenvalue weighted by Gasteiger charge is 2.33. The van der Waals surface area contributed by atoms with Crippen molar-refractivity contribution in [3.8, 4) is 5.75 Å². The molecule has 6 heteroatoms. The quantitative estimate of drug-likeness (QED) is 0.889. The second-order valence-corrected chi connectivity index (χ2v) is 3.67. The van der Waals surface area contributed by atoms with Crippen LogP contribution in [0.2, 0.25) is 0 Å². The number of nitrogens with one attached hydrogen (secondary N) is 1. The maximum absolute atomic E-state index is 12.4. The number of halogens is 4. The van der Waals surface area contributed by atoms with Gasteiger partial charge in [-0.2, -0.15) is 13.2 Å². The van der Waals surface area contributed by atoms with E-state index in [0.717, 1.165) is 24.2 Å². The van der Waals surface area contributed by atoms with E-state index in [4.69, 9.17) is 4.74 Å². The average Bonchev–Trinajstić information content (AvgIpc) is 2.60. The van der Waals surface area contributed by atoms with Crippen LogP contribution in [0.15, 0.2) is 18.2 Å². The molecular weight excluding hydrogens is 255 g/mol. The Bertz CT molecular complexity index is 395. The predicted molar refractivity (Wildman–Crippen MR) is 60.6 cm³/mol. The van der Waals surface area contributed by atoms with Crippen molar-refractivity contribution in [1.82, 2.24) is 5.32 Å². The molecule has 0 saturated heterocycles.